The molecule has 0 amide bonds. The maximum Gasteiger partial charge on any atom is 0.142 e. The Kier molecular flexibility index (Phi) is 4.08. The minimum Gasteiger partial charge on any atom is -0.399 e. The van der Waals surface area contributed by atoms with E-state index in [0.29, 0.717) is 14.9 Å². The third-order valence-corrected chi connectivity index (χ3v) is 4.04. The average molecular weight is 341 g/mol. The van der Waals surface area contributed by atoms with Crippen LogP contribution in [0, 0.1) is 23.0 Å². The molecular formula is C13H7BrF2N2S. The Labute approximate surface area is 121 Å². The number of benzene rings is 2. The summed E-state index contributed by atoms with van der Waals surface area (Å²) in [7, 11) is 0. The molecule has 0 aliphatic heterocycles. The van der Waals surface area contributed by atoms with Crippen molar-refractivity contribution in [3.8, 4) is 6.07 Å². The van der Waals surface area contributed by atoms with Crippen LogP contribution < -0.4 is 5.73 Å². The van der Waals surface area contributed by atoms with Gasteiger partial charge in [0.2, 0.25) is 0 Å². The van der Waals surface area contributed by atoms with Gasteiger partial charge in [0.1, 0.15) is 17.7 Å². The van der Waals surface area contributed by atoms with E-state index in [-0.39, 0.29) is 10.6 Å². The average Bonchev–Trinajstić information content (AvgIpc) is 2.34. The summed E-state index contributed by atoms with van der Waals surface area (Å²) >= 11 is 4.16. The molecule has 0 aromatic heterocycles. The van der Waals surface area contributed by atoms with Gasteiger partial charge in [0.25, 0.3) is 0 Å². The van der Waals surface area contributed by atoms with E-state index in [4.69, 9.17) is 11.0 Å². The van der Waals surface area contributed by atoms with Crippen LogP contribution in [0.5, 0.6) is 0 Å². The quantitative estimate of drug-likeness (QED) is 0.827. The second-order valence-electron chi connectivity index (χ2n) is 3.67. The van der Waals surface area contributed by atoms with Crippen LogP contribution in [0.25, 0.3) is 0 Å². The fraction of sp³-hybridized carbons (Fsp3) is 0. The molecule has 0 aliphatic rings. The van der Waals surface area contributed by atoms with Gasteiger partial charge in [-0.25, -0.2) is 8.78 Å². The maximum absolute atomic E-state index is 13.6. The number of nitrogens with two attached hydrogens (primary N) is 1. The van der Waals surface area contributed by atoms with E-state index in [0.717, 1.165) is 23.9 Å². The molecule has 0 spiro atoms. The van der Waals surface area contributed by atoms with Crippen molar-refractivity contribution in [2.45, 2.75) is 9.79 Å². The van der Waals surface area contributed by atoms with Crippen molar-refractivity contribution < 1.29 is 8.78 Å². The van der Waals surface area contributed by atoms with Crippen LogP contribution in [-0.2, 0) is 0 Å². The molecule has 0 radical (unpaired) electrons. The Morgan fingerprint density at radius 2 is 1.79 bits per heavy atom. The summed E-state index contributed by atoms with van der Waals surface area (Å²) in [5.74, 6) is -1.41. The standard InChI is InChI=1S/C13H7BrF2N2S/c14-10-5-9(2-1-7(10)6-17)19-13-11(15)3-8(18)4-12(13)16/h1-5H,18H2. The Morgan fingerprint density at radius 3 is 2.32 bits per heavy atom. The molecule has 0 unspecified atom stereocenters. The number of halogens is 3. The number of nitrogen functional groups attached to an aromatic ring is 1. The lowest BCUT2D eigenvalue weighted by Gasteiger charge is -2.07. The molecule has 2 aromatic carbocycles. The molecule has 2 rings (SSSR count). The van der Waals surface area contributed by atoms with Gasteiger partial charge in [0.05, 0.1) is 10.5 Å². The third kappa shape index (κ3) is 3.06. The largest absolute Gasteiger partial charge is 0.399 e. The van der Waals surface area contributed by atoms with Gasteiger partial charge in [0, 0.05) is 15.1 Å². The van der Waals surface area contributed by atoms with Crippen molar-refractivity contribution in [2.24, 2.45) is 0 Å². The smallest absolute Gasteiger partial charge is 0.142 e. The molecule has 0 atom stereocenters. The Morgan fingerprint density at radius 1 is 1.16 bits per heavy atom. The molecule has 0 bridgehead atoms. The summed E-state index contributed by atoms with van der Waals surface area (Å²) in [4.78, 5) is 0.499. The second kappa shape index (κ2) is 5.59. The molecule has 0 saturated heterocycles. The molecule has 0 fully saturated rings. The SMILES string of the molecule is N#Cc1ccc(Sc2c(F)cc(N)cc2F)cc1Br. The zero-order chi connectivity index (χ0) is 14.0. The van der Waals surface area contributed by atoms with Crippen molar-refractivity contribution in [2.75, 3.05) is 5.73 Å². The molecule has 19 heavy (non-hydrogen) atoms. The Hall–Kier alpha value is -1.58. The highest BCUT2D eigenvalue weighted by Crippen LogP contribution is 2.35. The topological polar surface area (TPSA) is 49.8 Å². The summed E-state index contributed by atoms with van der Waals surface area (Å²) in [6.45, 7) is 0. The minimum absolute atomic E-state index is 0.0420. The van der Waals surface area contributed by atoms with Crippen molar-refractivity contribution in [3.63, 3.8) is 0 Å². The fourth-order valence-electron chi connectivity index (χ4n) is 1.44. The van der Waals surface area contributed by atoms with Crippen LogP contribution in [0.4, 0.5) is 14.5 Å². The normalized spacial score (nSPS) is 10.2. The molecule has 96 valence electrons. The highest BCUT2D eigenvalue weighted by Gasteiger charge is 2.12. The maximum atomic E-state index is 13.6. The Bertz CT molecular complexity index is 660. The van der Waals surface area contributed by atoms with Crippen molar-refractivity contribution in [1.82, 2.24) is 0 Å². The number of anilines is 1. The van der Waals surface area contributed by atoms with Gasteiger partial charge < -0.3 is 5.73 Å². The highest BCUT2D eigenvalue weighted by molar-refractivity contribution is 9.10. The van der Waals surface area contributed by atoms with E-state index in [1.165, 1.54) is 0 Å². The number of hydrogen-bond acceptors (Lipinski definition) is 3. The molecule has 2 nitrogen and oxygen atoms in total. The van der Waals surface area contributed by atoms with E-state index in [9.17, 15) is 8.78 Å². The lowest BCUT2D eigenvalue weighted by molar-refractivity contribution is 0.542. The van der Waals surface area contributed by atoms with Gasteiger partial charge in [-0.3, -0.25) is 0 Å². The van der Waals surface area contributed by atoms with Crippen molar-refractivity contribution >= 4 is 33.4 Å². The van der Waals surface area contributed by atoms with E-state index in [1.807, 2.05) is 6.07 Å². The molecule has 6 heteroatoms. The molecule has 0 aliphatic carbocycles. The lowest BCUT2D eigenvalue weighted by atomic mass is 10.2. The second-order valence-corrected chi connectivity index (χ2v) is 5.61. The number of nitriles is 1. The summed E-state index contributed by atoms with van der Waals surface area (Å²) < 4.78 is 27.9. The molecular weight excluding hydrogens is 334 g/mol. The Balaban J connectivity index is 2.37. The van der Waals surface area contributed by atoms with Gasteiger partial charge in [-0.2, -0.15) is 5.26 Å². The number of hydrogen-bond donors (Lipinski definition) is 1. The van der Waals surface area contributed by atoms with Crippen LogP contribution in [-0.4, -0.2) is 0 Å². The predicted molar refractivity (Wildman–Crippen MR) is 73.8 cm³/mol. The van der Waals surface area contributed by atoms with Crippen LogP contribution >= 0.6 is 27.7 Å². The first-order valence-electron chi connectivity index (χ1n) is 5.13. The fourth-order valence-corrected chi connectivity index (χ4v) is 2.93. The van der Waals surface area contributed by atoms with Gasteiger partial charge in [-0.15, -0.1) is 0 Å². The molecule has 0 saturated carbocycles. The van der Waals surface area contributed by atoms with Crippen LogP contribution in [0.15, 0.2) is 44.6 Å². The molecule has 2 N–H and O–H groups in total. The van der Waals surface area contributed by atoms with Crippen LogP contribution in [0.2, 0.25) is 0 Å². The molecule has 2 aromatic rings. The van der Waals surface area contributed by atoms with Crippen molar-refractivity contribution in [1.29, 1.82) is 5.26 Å². The summed E-state index contributed by atoms with van der Waals surface area (Å²) in [5.41, 5.74) is 5.85. The summed E-state index contributed by atoms with van der Waals surface area (Å²) in [6, 6.07) is 8.99. The van der Waals surface area contributed by atoms with Crippen molar-refractivity contribution in [3.05, 3.63) is 52.0 Å². The van der Waals surface area contributed by atoms with Gasteiger partial charge in [-0.1, -0.05) is 11.8 Å². The third-order valence-electron chi connectivity index (χ3n) is 2.30. The highest BCUT2D eigenvalue weighted by atomic mass is 79.9. The summed E-state index contributed by atoms with van der Waals surface area (Å²) in [6.07, 6.45) is 0. The van der Waals surface area contributed by atoms with E-state index in [1.54, 1.807) is 18.2 Å². The summed E-state index contributed by atoms with van der Waals surface area (Å²) in [5, 5.41) is 8.80. The minimum atomic E-state index is -0.706. The molecule has 0 heterocycles. The predicted octanol–water partition coefficient (Wildman–Crippen LogP) is 4.33. The van der Waals surface area contributed by atoms with Crippen LogP contribution in [0.1, 0.15) is 5.56 Å². The van der Waals surface area contributed by atoms with Gasteiger partial charge in [-0.05, 0) is 46.3 Å². The first kappa shape index (κ1) is 13.8. The number of rotatable bonds is 2. The van der Waals surface area contributed by atoms with Gasteiger partial charge in [0.15, 0.2) is 0 Å². The van der Waals surface area contributed by atoms with Gasteiger partial charge >= 0.3 is 0 Å². The zero-order valence-corrected chi connectivity index (χ0v) is 11.9. The van der Waals surface area contributed by atoms with E-state index in [2.05, 4.69) is 15.9 Å². The first-order valence-corrected chi connectivity index (χ1v) is 6.74. The first-order chi connectivity index (χ1) is 9.01. The van der Waals surface area contributed by atoms with E-state index < -0.39 is 11.6 Å². The lowest BCUT2D eigenvalue weighted by Crippen LogP contribution is -1.93. The van der Waals surface area contributed by atoms with E-state index >= 15 is 0 Å². The monoisotopic (exact) mass is 340 g/mol. The zero-order valence-electron chi connectivity index (χ0n) is 9.45. The van der Waals surface area contributed by atoms with Crippen LogP contribution in [0.3, 0.4) is 0 Å². The number of nitrogens with zero attached hydrogens (tertiary/aromatic N) is 1.